The lowest BCUT2D eigenvalue weighted by Crippen LogP contribution is -2.11. The van der Waals surface area contributed by atoms with Gasteiger partial charge in [-0.25, -0.2) is 4.98 Å². The van der Waals surface area contributed by atoms with E-state index in [-0.39, 0.29) is 0 Å². The van der Waals surface area contributed by atoms with Gasteiger partial charge in [-0.05, 0) is 39.4 Å². The van der Waals surface area contributed by atoms with Gasteiger partial charge in [0, 0.05) is 10.9 Å². The lowest BCUT2D eigenvalue weighted by atomic mass is 10.0. The monoisotopic (exact) mass is 246 g/mol. The Balaban J connectivity index is 2.40. The van der Waals surface area contributed by atoms with Crippen molar-refractivity contribution in [1.82, 2.24) is 10.3 Å². The maximum absolute atomic E-state index is 4.71. The van der Waals surface area contributed by atoms with E-state index in [0.29, 0.717) is 6.04 Å². The van der Waals surface area contributed by atoms with Gasteiger partial charge in [0.15, 0.2) is 0 Å². The second-order valence-electron chi connectivity index (χ2n) is 4.40. The molecule has 1 heterocycles. The largest absolute Gasteiger partial charge is 0.311 e. The molecule has 0 aliphatic rings. The van der Waals surface area contributed by atoms with Crippen LogP contribution in [-0.4, -0.2) is 12.0 Å². The molecule has 1 unspecified atom stereocenters. The number of rotatable bonds is 3. The van der Waals surface area contributed by atoms with Gasteiger partial charge in [-0.3, -0.25) is 0 Å². The first-order chi connectivity index (χ1) is 8.11. The van der Waals surface area contributed by atoms with Crippen LogP contribution in [0.5, 0.6) is 0 Å². The quantitative estimate of drug-likeness (QED) is 0.893. The lowest BCUT2D eigenvalue weighted by Gasteiger charge is -2.06. The van der Waals surface area contributed by atoms with Gasteiger partial charge in [0.25, 0.3) is 0 Å². The average Bonchev–Trinajstić information content (AvgIpc) is 2.80. The normalized spacial score (nSPS) is 12.7. The molecule has 2 rings (SSSR count). The van der Waals surface area contributed by atoms with Gasteiger partial charge in [0.1, 0.15) is 5.01 Å². The number of aryl methyl sites for hydroxylation is 2. The van der Waals surface area contributed by atoms with Crippen molar-refractivity contribution < 1.29 is 0 Å². The molecule has 2 nitrogen and oxygen atoms in total. The van der Waals surface area contributed by atoms with Crippen LogP contribution in [0.3, 0.4) is 0 Å². The van der Waals surface area contributed by atoms with Crippen LogP contribution in [0, 0.1) is 13.8 Å². The first-order valence-corrected chi connectivity index (χ1v) is 6.70. The van der Waals surface area contributed by atoms with E-state index >= 15 is 0 Å². The molecule has 17 heavy (non-hydrogen) atoms. The molecule has 0 saturated carbocycles. The molecule has 2 aromatic rings. The van der Waals surface area contributed by atoms with Crippen LogP contribution in [0.1, 0.15) is 29.1 Å². The number of aromatic nitrogens is 1. The first-order valence-electron chi connectivity index (χ1n) is 5.82. The maximum Gasteiger partial charge on any atom is 0.110 e. The molecule has 1 aromatic heterocycles. The van der Waals surface area contributed by atoms with Crippen LogP contribution in [0.25, 0.3) is 11.3 Å². The summed E-state index contributed by atoms with van der Waals surface area (Å²) >= 11 is 1.72. The zero-order valence-corrected chi connectivity index (χ0v) is 11.6. The third-order valence-corrected chi connectivity index (χ3v) is 4.02. The summed E-state index contributed by atoms with van der Waals surface area (Å²) in [7, 11) is 1.96. The summed E-state index contributed by atoms with van der Waals surface area (Å²) in [6, 6.07) is 6.82. The number of benzene rings is 1. The lowest BCUT2D eigenvalue weighted by molar-refractivity contribution is 0.648. The minimum absolute atomic E-state index is 0.318. The molecule has 90 valence electrons. The van der Waals surface area contributed by atoms with E-state index in [1.165, 1.54) is 16.7 Å². The first kappa shape index (κ1) is 12.3. The molecular weight excluding hydrogens is 228 g/mol. The third kappa shape index (κ3) is 2.56. The van der Waals surface area contributed by atoms with Gasteiger partial charge < -0.3 is 5.32 Å². The van der Waals surface area contributed by atoms with E-state index in [1.54, 1.807) is 11.3 Å². The van der Waals surface area contributed by atoms with Crippen molar-refractivity contribution in [3.63, 3.8) is 0 Å². The summed E-state index contributed by atoms with van der Waals surface area (Å²) in [6.45, 7) is 6.38. The summed E-state index contributed by atoms with van der Waals surface area (Å²) in [5.41, 5.74) is 4.90. The summed E-state index contributed by atoms with van der Waals surface area (Å²) in [5, 5.41) is 6.51. The van der Waals surface area contributed by atoms with Crippen molar-refractivity contribution in [1.29, 1.82) is 0 Å². The van der Waals surface area contributed by atoms with E-state index in [1.807, 2.05) is 7.05 Å². The predicted octanol–water partition coefficient (Wildman–Crippen LogP) is 3.71. The standard InChI is InChI=1S/C14H18N2S/c1-9-5-6-10(2)12(7-9)13-8-17-14(16-13)11(3)15-4/h5-8,11,15H,1-4H3. The SMILES string of the molecule is CNC(C)c1nc(-c2cc(C)ccc2C)cs1. The van der Waals surface area contributed by atoms with Crippen LogP contribution >= 0.6 is 11.3 Å². The van der Waals surface area contributed by atoms with Gasteiger partial charge in [-0.15, -0.1) is 11.3 Å². The van der Waals surface area contributed by atoms with Crippen LogP contribution in [0.2, 0.25) is 0 Å². The summed E-state index contributed by atoms with van der Waals surface area (Å²) in [5.74, 6) is 0. The molecule has 0 amide bonds. The third-order valence-electron chi connectivity index (χ3n) is 2.99. The van der Waals surface area contributed by atoms with Crippen molar-refractivity contribution in [2.75, 3.05) is 7.05 Å². The molecule has 0 fully saturated rings. The minimum atomic E-state index is 0.318. The molecule has 0 radical (unpaired) electrons. The van der Waals surface area contributed by atoms with Crippen molar-refractivity contribution in [3.8, 4) is 11.3 Å². The Labute approximate surface area is 107 Å². The highest BCUT2D eigenvalue weighted by atomic mass is 32.1. The van der Waals surface area contributed by atoms with E-state index in [2.05, 4.69) is 49.7 Å². The van der Waals surface area contributed by atoms with Crippen molar-refractivity contribution in [2.45, 2.75) is 26.8 Å². The highest BCUT2D eigenvalue weighted by Gasteiger charge is 2.11. The van der Waals surface area contributed by atoms with Gasteiger partial charge >= 0.3 is 0 Å². The molecular formula is C14H18N2S. The van der Waals surface area contributed by atoms with Crippen LogP contribution in [0.4, 0.5) is 0 Å². The van der Waals surface area contributed by atoms with Crippen LogP contribution in [0.15, 0.2) is 23.6 Å². The minimum Gasteiger partial charge on any atom is -0.311 e. The zero-order chi connectivity index (χ0) is 12.4. The molecule has 0 aliphatic carbocycles. The average molecular weight is 246 g/mol. The Morgan fingerprint density at radius 3 is 2.76 bits per heavy atom. The molecule has 1 N–H and O–H groups in total. The van der Waals surface area contributed by atoms with Crippen LogP contribution in [-0.2, 0) is 0 Å². The topological polar surface area (TPSA) is 24.9 Å². The van der Waals surface area contributed by atoms with Gasteiger partial charge in [0.2, 0.25) is 0 Å². The summed E-state index contributed by atoms with van der Waals surface area (Å²) < 4.78 is 0. The molecule has 0 bridgehead atoms. The number of thiazole rings is 1. The maximum atomic E-state index is 4.71. The van der Waals surface area contributed by atoms with E-state index in [9.17, 15) is 0 Å². The smallest absolute Gasteiger partial charge is 0.110 e. The van der Waals surface area contributed by atoms with Crippen molar-refractivity contribution in [3.05, 3.63) is 39.7 Å². The highest BCUT2D eigenvalue weighted by molar-refractivity contribution is 7.10. The van der Waals surface area contributed by atoms with Gasteiger partial charge in [-0.1, -0.05) is 17.7 Å². The molecule has 0 spiro atoms. The molecule has 1 atom stereocenters. The number of hydrogen-bond donors (Lipinski definition) is 1. The van der Waals surface area contributed by atoms with E-state index < -0.39 is 0 Å². The Morgan fingerprint density at radius 2 is 2.06 bits per heavy atom. The van der Waals surface area contributed by atoms with Gasteiger partial charge in [-0.2, -0.15) is 0 Å². The predicted molar refractivity (Wildman–Crippen MR) is 74.5 cm³/mol. The van der Waals surface area contributed by atoms with Crippen LogP contribution < -0.4 is 5.32 Å². The van der Waals surface area contributed by atoms with E-state index in [4.69, 9.17) is 4.98 Å². The van der Waals surface area contributed by atoms with E-state index in [0.717, 1.165) is 10.7 Å². The fourth-order valence-corrected chi connectivity index (χ4v) is 2.63. The molecule has 0 aliphatic heterocycles. The fraction of sp³-hybridized carbons (Fsp3) is 0.357. The van der Waals surface area contributed by atoms with Gasteiger partial charge in [0.05, 0.1) is 11.7 Å². The highest BCUT2D eigenvalue weighted by Crippen LogP contribution is 2.28. The molecule has 3 heteroatoms. The summed E-state index contributed by atoms with van der Waals surface area (Å²) in [4.78, 5) is 4.71. The Morgan fingerprint density at radius 1 is 1.29 bits per heavy atom. The zero-order valence-electron chi connectivity index (χ0n) is 10.7. The Kier molecular flexibility index (Phi) is 3.60. The van der Waals surface area contributed by atoms with Crippen molar-refractivity contribution in [2.24, 2.45) is 0 Å². The molecule has 0 saturated heterocycles. The fourth-order valence-electron chi connectivity index (χ4n) is 1.75. The van der Waals surface area contributed by atoms with Crippen molar-refractivity contribution >= 4 is 11.3 Å². The molecule has 1 aromatic carbocycles. The number of nitrogens with zero attached hydrogens (tertiary/aromatic N) is 1. The number of hydrogen-bond acceptors (Lipinski definition) is 3. The second-order valence-corrected chi connectivity index (χ2v) is 5.29. The Bertz CT molecular complexity index is 517. The Hall–Kier alpha value is -1.19. The number of nitrogens with one attached hydrogen (secondary N) is 1. The second kappa shape index (κ2) is 4.98. The summed E-state index contributed by atoms with van der Waals surface area (Å²) in [6.07, 6.45) is 0.